The van der Waals surface area contributed by atoms with E-state index in [1.807, 2.05) is 0 Å². The van der Waals surface area contributed by atoms with Gasteiger partial charge in [-0.2, -0.15) is 0 Å². The number of hydrogen-bond acceptors (Lipinski definition) is 3. The number of piperidine rings is 1. The first kappa shape index (κ1) is 13.1. The Morgan fingerprint density at radius 3 is 2.89 bits per heavy atom. The van der Waals surface area contributed by atoms with E-state index in [1.54, 1.807) is 0 Å². The third-order valence-electron chi connectivity index (χ3n) is 4.02. The molecule has 0 amide bonds. The summed E-state index contributed by atoms with van der Waals surface area (Å²) in [5.74, 6) is 1.58. The fourth-order valence-corrected chi connectivity index (χ4v) is 3.34. The van der Waals surface area contributed by atoms with Crippen molar-refractivity contribution in [1.29, 1.82) is 0 Å². The lowest BCUT2D eigenvalue weighted by Gasteiger charge is -2.24. The molecule has 1 aromatic rings. The van der Waals surface area contributed by atoms with Crippen LogP contribution in [0.1, 0.15) is 37.3 Å². The van der Waals surface area contributed by atoms with Crippen LogP contribution in [0.5, 0.6) is 11.5 Å². The summed E-state index contributed by atoms with van der Waals surface area (Å²) in [7, 11) is 0. The third-order valence-corrected chi connectivity index (χ3v) is 4.31. The summed E-state index contributed by atoms with van der Waals surface area (Å²) in [5.41, 5.74) is 2.56. The highest BCUT2D eigenvalue weighted by Gasteiger charge is 2.25. The number of fused-ring (bicyclic) bond motifs is 1. The molecule has 0 saturated carbocycles. The van der Waals surface area contributed by atoms with Crippen LogP contribution in [0.3, 0.4) is 0 Å². The van der Waals surface area contributed by atoms with Crippen molar-refractivity contribution in [3.05, 3.63) is 22.2 Å². The molecule has 0 aromatic heterocycles. The van der Waals surface area contributed by atoms with Gasteiger partial charge in [-0.3, -0.25) is 0 Å². The van der Waals surface area contributed by atoms with Gasteiger partial charge >= 0.3 is 0 Å². The maximum atomic E-state index is 6.30. The van der Waals surface area contributed by atoms with Crippen LogP contribution < -0.4 is 14.8 Å². The minimum Gasteiger partial charge on any atom is -0.453 e. The SMILES string of the molecule is CCc1c(CC2CCCCN2)cc(Cl)c2c1OCO2. The van der Waals surface area contributed by atoms with E-state index in [2.05, 4.69) is 18.3 Å². The molecule has 3 nitrogen and oxygen atoms in total. The van der Waals surface area contributed by atoms with Gasteiger partial charge in [0, 0.05) is 11.6 Å². The molecule has 1 saturated heterocycles. The summed E-state index contributed by atoms with van der Waals surface area (Å²) in [6.07, 6.45) is 5.83. The maximum absolute atomic E-state index is 6.30. The monoisotopic (exact) mass is 281 g/mol. The average Bonchev–Trinajstić information content (AvgIpc) is 2.90. The molecular formula is C15H20ClNO2. The maximum Gasteiger partial charge on any atom is 0.231 e. The van der Waals surface area contributed by atoms with E-state index in [0.29, 0.717) is 11.1 Å². The van der Waals surface area contributed by atoms with Gasteiger partial charge in [0.25, 0.3) is 0 Å². The molecular weight excluding hydrogens is 262 g/mol. The molecule has 2 heterocycles. The van der Waals surface area contributed by atoms with Gasteiger partial charge < -0.3 is 14.8 Å². The molecule has 1 aromatic carbocycles. The molecule has 1 N–H and O–H groups in total. The summed E-state index contributed by atoms with van der Waals surface area (Å²) in [4.78, 5) is 0. The topological polar surface area (TPSA) is 30.5 Å². The van der Waals surface area contributed by atoms with Crippen LogP contribution in [0.15, 0.2) is 6.07 Å². The van der Waals surface area contributed by atoms with E-state index >= 15 is 0 Å². The highest BCUT2D eigenvalue weighted by molar-refractivity contribution is 6.32. The minimum absolute atomic E-state index is 0.285. The fraction of sp³-hybridized carbons (Fsp3) is 0.600. The average molecular weight is 282 g/mol. The molecule has 1 fully saturated rings. The van der Waals surface area contributed by atoms with Gasteiger partial charge in [-0.25, -0.2) is 0 Å². The van der Waals surface area contributed by atoms with Crippen molar-refractivity contribution >= 4 is 11.6 Å². The Hall–Kier alpha value is -0.930. The van der Waals surface area contributed by atoms with Crippen molar-refractivity contribution in [3.63, 3.8) is 0 Å². The zero-order valence-electron chi connectivity index (χ0n) is 11.3. The van der Waals surface area contributed by atoms with Crippen LogP contribution in [0, 0.1) is 0 Å². The Kier molecular flexibility index (Phi) is 3.85. The fourth-order valence-electron chi connectivity index (χ4n) is 3.06. The molecule has 0 radical (unpaired) electrons. The lowest BCUT2D eigenvalue weighted by Crippen LogP contribution is -2.35. The van der Waals surface area contributed by atoms with Crippen molar-refractivity contribution in [2.24, 2.45) is 0 Å². The lowest BCUT2D eigenvalue weighted by molar-refractivity contribution is 0.173. The zero-order valence-corrected chi connectivity index (χ0v) is 12.1. The second kappa shape index (κ2) is 5.59. The molecule has 0 spiro atoms. The van der Waals surface area contributed by atoms with Crippen molar-refractivity contribution in [1.82, 2.24) is 5.32 Å². The van der Waals surface area contributed by atoms with Crippen molar-refractivity contribution in [2.75, 3.05) is 13.3 Å². The molecule has 4 heteroatoms. The minimum atomic E-state index is 0.285. The number of nitrogens with one attached hydrogen (secondary N) is 1. The summed E-state index contributed by atoms with van der Waals surface area (Å²) in [6, 6.07) is 2.62. The highest BCUT2D eigenvalue weighted by Crippen LogP contribution is 2.44. The molecule has 1 unspecified atom stereocenters. The van der Waals surface area contributed by atoms with E-state index in [1.165, 1.54) is 30.4 Å². The zero-order chi connectivity index (χ0) is 13.2. The van der Waals surface area contributed by atoms with Crippen LogP contribution in [-0.2, 0) is 12.8 Å². The molecule has 1 atom stereocenters. The highest BCUT2D eigenvalue weighted by atomic mass is 35.5. The standard InChI is InChI=1S/C15H20ClNO2/c1-2-12-10(7-11-5-3-4-6-17-11)8-13(16)15-14(12)18-9-19-15/h8,11,17H,2-7,9H2,1H3. The third kappa shape index (κ3) is 2.54. The van der Waals surface area contributed by atoms with Crippen molar-refractivity contribution in [3.8, 4) is 11.5 Å². The van der Waals surface area contributed by atoms with Crippen molar-refractivity contribution in [2.45, 2.75) is 45.1 Å². The molecule has 2 aliphatic heterocycles. The van der Waals surface area contributed by atoms with Crippen LogP contribution in [0.2, 0.25) is 5.02 Å². The first-order valence-electron chi connectivity index (χ1n) is 7.12. The van der Waals surface area contributed by atoms with Gasteiger partial charge in [-0.15, -0.1) is 0 Å². The van der Waals surface area contributed by atoms with Crippen LogP contribution in [0.25, 0.3) is 0 Å². The van der Waals surface area contributed by atoms with Gasteiger partial charge in [0.05, 0.1) is 5.02 Å². The van der Waals surface area contributed by atoms with Gasteiger partial charge in [-0.05, 0) is 43.9 Å². The van der Waals surface area contributed by atoms with E-state index in [0.717, 1.165) is 30.9 Å². The Morgan fingerprint density at radius 1 is 1.32 bits per heavy atom. The van der Waals surface area contributed by atoms with Crippen LogP contribution >= 0.6 is 11.6 Å². The Bertz CT molecular complexity index is 470. The van der Waals surface area contributed by atoms with E-state index in [-0.39, 0.29) is 6.79 Å². The number of rotatable bonds is 3. The largest absolute Gasteiger partial charge is 0.453 e. The van der Waals surface area contributed by atoms with E-state index in [4.69, 9.17) is 21.1 Å². The van der Waals surface area contributed by atoms with Crippen LogP contribution in [0.4, 0.5) is 0 Å². The van der Waals surface area contributed by atoms with Gasteiger partial charge in [0.15, 0.2) is 11.5 Å². The molecule has 2 aliphatic rings. The second-order valence-corrected chi connectivity index (χ2v) is 5.67. The molecule has 0 bridgehead atoms. The van der Waals surface area contributed by atoms with Crippen molar-refractivity contribution < 1.29 is 9.47 Å². The first-order valence-corrected chi connectivity index (χ1v) is 7.50. The molecule has 3 rings (SSSR count). The van der Waals surface area contributed by atoms with E-state index in [9.17, 15) is 0 Å². The van der Waals surface area contributed by atoms with E-state index < -0.39 is 0 Å². The Morgan fingerprint density at radius 2 is 2.16 bits per heavy atom. The smallest absolute Gasteiger partial charge is 0.231 e. The number of benzene rings is 1. The molecule has 0 aliphatic carbocycles. The number of ether oxygens (including phenoxy) is 2. The summed E-state index contributed by atoms with van der Waals surface area (Å²) < 4.78 is 11.1. The first-order chi connectivity index (χ1) is 9.29. The van der Waals surface area contributed by atoms with Gasteiger partial charge in [-0.1, -0.05) is 24.9 Å². The number of hydrogen-bond donors (Lipinski definition) is 1. The van der Waals surface area contributed by atoms with Crippen LogP contribution in [-0.4, -0.2) is 19.4 Å². The Labute approximate surface area is 119 Å². The summed E-state index contributed by atoms with van der Waals surface area (Å²) in [5, 5.41) is 4.27. The predicted octanol–water partition coefficient (Wildman–Crippen LogP) is 3.32. The summed E-state index contributed by atoms with van der Waals surface area (Å²) in [6.45, 7) is 3.57. The Balaban J connectivity index is 1.89. The number of halogens is 1. The van der Waals surface area contributed by atoms with Gasteiger partial charge in [0.2, 0.25) is 6.79 Å². The normalized spacial score (nSPS) is 21.7. The lowest BCUT2D eigenvalue weighted by atomic mass is 9.93. The molecule has 104 valence electrons. The summed E-state index contributed by atoms with van der Waals surface area (Å²) >= 11 is 6.30. The molecule has 19 heavy (non-hydrogen) atoms. The quantitative estimate of drug-likeness (QED) is 0.922. The van der Waals surface area contributed by atoms with Gasteiger partial charge in [0.1, 0.15) is 0 Å². The predicted molar refractivity (Wildman–Crippen MR) is 76.3 cm³/mol. The second-order valence-electron chi connectivity index (χ2n) is 5.27.